The minimum Gasteiger partial charge on any atom is -0.394 e. The highest BCUT2D eigenvalue weighted by Crippen LogP contribution is 2.02. The average Bonchev–Trinajstić information content (AvgIpc) is 2.01. The third-order valence-electron chi connectivity index (χ3n) is 1.64. The molecular formula is C7H11N3O. The van der Waals surface area contributed by atoms with Crippen molar-refractivity contribution in [3.63, 3.8) is 0 Å². The van der Waals surface area contributed by atoms with E-state index in [9.17, 15) is 4.79 Å². The Morgan fingerprint density at radius 3 is 2.91 bits per heavy atom. The SMILES string of the molecule is CCc1cnn(C)c(=O)c1N. The van der Waals surface area contributed by atoms with E-state index in [0.717, 1.165) is 12.0 Å². The zero-order valence-corrected chi connectivity index (χ0v) is 6.66. The maximum Gasteiger partial charge on any atom is 0.289 e. The minimum absolute atomic E-state index is 0.218. The smallest absolute Gasteiger partial charge is 0.289 e. The van der Waals surface area contributed by atoms with Crippen molar-refractivity contribution in [1.82, 2.24) is 9.78 Å². The van der Waals surface area contributed by atoms with Crippen LogP contribution >= 0.6 is 0 Å². The Morgan fingerprint density at radius 2 is 2.36 bits per heavy atom. The van der Waals surface area contributed by atoms with Gasteiger partial charge < -0.3 is 5.73 Å². The van der Waals surface area contributed by atoms with Gasteiger partial charge in [-0.25, -0.2) is 4.68 Å². The van der Waals surface area contributed by atoms with Gasteiger partial charge in [-0.05, 0) is 6.42 Å². The molecule has 1 heterocycles. The van der Waals surface area contributed by atoms with E-state index in [1.54, 1.807) is 13.2 Å². The minimum atomic E-state index is -0.218. The molecule has 0 aliphatic heterocycles. The second kappa shape index (κ2) is 2.74. The highest BCUT2D eigenvalue weighted by atomic mass is 16.1. The van der Waals surface area contributed by atoms with Gasteiger partial charge >= 0.3 is 0 Å². The van der Waals surface area contributed by atoms with E-state index in [0.29, 0.717) is 5.69 Å². The number of nitrogens with two attached hydrogens (primary N) is 1. The van der Waals surface area contributed by atoms with Crippen LogP contribution in [0.5, 0.6) is 0 Å². The summed E-state index contributed by atoms with van der Waals surface area (Å²) in [5, 5.41) is 3.83. The molecule has 1 rings (SSSR count). The Bertz CT molecular complexity index is 316. The number of rotatable bonds is 1. The van der Waals surface area contributed by atoms with Gasteiger partial charge in [0.25, 0.3) is 5.56 Å². The quantitative estimate of drug-likeness (QED) is 0.614. The molecule has 1 aromatic heterocycles. The first-order valence-corrected chi connectivity index (χ1v) is 3.47. The van der Waals surface area contributed by atoms with Crippen LogP contribution in [0.15, 0.2) is 11.0 Å². The second-order valence-corrected chi connectivity index (χ2v) is 2.37. The van der Waals surface area contributed by atoms with Crippen LogP contribution in [0.2, 0.25) is 0 Å². The molecule has 60 valence electrons. The largest absolute Gasteiger partial charge is 0.394 e. The van der Waals surface area contributed by atoms with Gasteiger partial charge in [-0.2, -0.15) is 5.10 Å². The zero-order valence-electron chi connectivity index (χ0n) is 6.66. The molecule has 0 aromatic carbocycles. The van der Waals surface area contributed by atoms with E-state index >= 15 is 0 Å². The molecule has 0 amide bonds. The number of nitrogen functional groups attached to an aromatic ring is 1. The van der Waals surface area contributed by atoms with Crippen LogP contribution in [0, 0.1) is 0 Å². The fourth-order valence-electron chi connectivity index (χ4n) is 0.872. The third-order valence-corrected chi connectivity index (χ3v) is 1.64. The third kappa shape index (κ3) is 1.24. The van der Waals surface area contributed by atoms with E-state index < -0.39 is 0 Å². The standard InChI is InChI=1S/C7H11N3O/c1-3-5-4-9-10(2)7(11)6(5)8/h4H,3,8H2,1-2H3. The summed E-state index contributed by atoms with van der Waals surface area (Å²) in [5.41, 5.74) is 6.43. The van der Waals surface area contributed by atoms with Crippen LogP contribution in [0.3, 0.4) is 0 Å². The first-order valence-electron chi connectivity index (χ1n) is 3.47. The molecule has 0 spiro atoms. The van der Waals surface area contributed by atoms with Crippen molar-refractivity contribution in [2.75, 3.05) is 5.73 Å². The summed E-state index contributed by atoms with van der Waals surface area (Å²) in [5.74, 6) is 0. The lowest BCUT2D eigenvalue weighted by Gasteiger charge is -2.01. The molecule has 1 aromatic rings. The molecule has 4 nitrogen and oxygen atoms in total. The number of anilines is 1. The van der Waals surface area contributed by atoms with Crippen molar-refractivity contribution in [3.8, 4) is 0 Å². The number of aromatic nitrogens is 2. The molecule has 0 radical (unpaired) electrons. The van der Waals surface area contributed by atoms with Gasteiger partial charge in [0, 0.05) is 12.6 Å². The topological polar surface area (TPSA) is 60.9 Å². The number of hydrogen-bond acceptors (Lipinski definition) is 3. The van der Waals surface area contributed by atoms with Crippen LogP contribution in [-0.4, -0.2) is 9.78 Å². The summed E-state index contributed by atoms with van der Waals surface area (Å²) in [6.07, 6.45) is 2.37. The molecule has 0 atom stereocenters. The molecule has 0 saturated heterocycles. The lowest BCUT2D eigenvalue weighted by molar-refractivity contribution is 0.703. The van der Waals surface area contributed by atoms with E-state index in [1.165, 1.54) is 4.68 Å². The van der Waals surface area contributed by atoms with Crippen LogP contribution in [-0.2, 0) is 13.5 Å². The highest BCUT2D eigenvalue weighted by molar-refractivity contribution is 5.42. The van der Waals surface area contributed by atoms with Gasteiger partial charge in [0.2, 0.25) is 0 Å². The molecule has 0 unspecified atom stereocenters. The van der Waals surface area contributed by atoms with Crippen molar-refractivity contribution in [2.24, 2.45) is 7.05 Å². The van der Waals surface area contributed by atoms with Crippen LogP contribution in [0.25, 0.3) is 0 Å². The predicted molar refractivity (Wildman–Crippen MR) is 43.3 cm³/mol. The van der Waals surface area contributed by atoms with Crippen molar-refractivity contribution in [3.05, 3.63) is 22.1 Å². The molecule has 11 heavy (non-hydrogen) atoms. The second-order valence-electron chi connectivity index (χ2n) is 2.37. The first kappa shape index (κ1) is 7.78. The van der Waals surface area contributed by atoms with Crippen molar-refractivity contribution in [2.45, 2.75) is 13.3 Å². The summed E-state index contributed by atoms with van der Waals surface area (Å²) in [4.78, 5) is 11.1. The lowest BCUT2D eigenvalue weighted by atomic mass is 10.2. The fraction of sp³-hybridized carbons (Fsp3) is 0.429. The Kier molecular flexibility index (Phi) is 1.94. The summed E-state index contributed by atoms with van der Waals surface area (Å²) in [6.45, 7) is 1.94. The van der Waals surface area contributed by atoms with Gasteiger partial charge in [0.1, 0.15) is 5.69 Å². The molecule has 0 aliphatic rings. The van der Waals surface area contributed by atoms with Gasteiger partial charge in [-0.1, -0.05) is 6.92 Å². The maximum absolute atomic E-state index is 11.1. The van der Waals surface area contributed by atoms with E-state index in [4.69, 9.17) is 5.73 Å². The number of nitrogens with zero attached hydrogens (tertiary/aromatic N) is 2. The average molecular weight is 153 g/mol. The van der Waals surface area contributed by atoms with Crippen LogP contribution in [0.4, 0.5) is 5.69 Å². The van der Waals surface area contributed by atoms with Crippen molar-refractivity contribution >= 4 is 5.69 Å². The van der Waals surface area contributed by atoms with Gasteiger partial charge in [0.15, 0.2) is 0 Å². The van der Waals surface area contributed by atoms with Crippen molar-refractivity contribution in [1.29, 1.82) is 0 Å². The molecular weight excluding hydrogens is 142 g/mol. The summed E-state index contributed by atoms with van der Waals surface area (Å²) < 4.78 is 1.23. The van der Waals surface area contributed by atoms with E-state index in [-0.39, 0.29) is 5.56 Å². The lowest BCUT2D eigenvalue weighted by Crippen LogP contribution is -2.23. The molecule has 0 aliphatic carbocycles. The molecule has 0 saturated carbocycles. The Balaban J connectivity index is 3.37. The van der Waals surface area contributed by atoms with Gasteiger partial charge in [-0.15, -0.1) is 0 Å². The summed E-state index contributed by atoms with van der Waals surface area (Å²) in [7, 11) is 1.58. The number of aryl methyl sites for hydroxylation is 2. The molecule has 2 N–H and O–H groups in total. The van der Waals surface area contributed by atoms with Crippen LogP contribution in [0.1, 0.15) is 12.5 Å². The highest BCUT2D eigenvalue weighted by Gasteiger charge is 2.02. The van der Waals surface area contributed by atoms with E-state index in [2.05, 4.69) is 5.10 Å². The summed E-state index contributed by atoms with van der Waals surface area (Å²) >= 11 is 0. The van der Waals surface area contributed by atoms with Crippen LogP contribution < -0.4 is 11.3 Å². The number of hydrogen-bond donors (Lipinski definition) is 1. The predicted octanol–water partition coefficient (Wildman–Crippen LogP) is -0.0751. The first-order chi connectivity index (χ1) is 5.16. The molecule has 0 fully saturated rings. The Morgan fingerprint density at radius 1 is 1.73 bits per heavy atom. The maximum atomic E-state index is 11.1. The van der Waals surface area contributed by atoms with Crippen molar-refractivity contribution < 1.29 is 0 Å². The fourth-order valence-corrected chi connectivity index (χ4v) is 0.872. The molecule has 0 bridgehead atoms. The van der Waals surface area contributed by atoms with Gasteiger partial charge in [-0.3, -0.25) is 4.79 Å². The monoisotopic (exact) mass is 153 g/mol. The Labute approximate surface area is 64.6 Å². The van der Waals surface area contributed by atoms with E-state index in [1.807, 2.05) is 6.92 Å². The van der Waals surface area contributed by atoms with Gasteiger partial charge in [0.05, 0.1) is 6.20 Å². The molecule has 4 heteroatoms. The summed E-state index contributed by atoms with van der Waals surface area (Å²) in [6, 6.07) is 0. The Hall–Kier alpha value is -1.32. The normalized spacial score (nSPS) is 10.0. The zero-order chi connectivity index (χ0) is 8.43.